The van der Waals surface area contributed by atoms with E-state index in [0.29, 0.717) is 31.6 Å². The number of carboxylic acids is 1. The van der Waals surface area contributed by atoms with Crippen LogP contribution in [0.4, 0.5) is 0 Å². The second-order valence-corrected chi connectivity index (χ2v) is 7.39. The highest BCUT2D eigenvalue weighted by Gasteiger charge is 2.37. The minimum atomic E-state index is -1.56. The summed E-state index contributed by atoms with van der Waals surface area (Å²) in [6.45, 7) is -1.25. The van der Waals surface area contributed by atoms with Crippen LogP contribution in [0.2, 0.25) is 0 Å². The Morgan fingerprint density at radius 3 is 2.36 bits per heavy atom. The molecule has 0 aromatic rings. The monoisotopic (exact) mass is 420 g/mol. The molecular weight excluding hydrogens is 392 g/mol. The maximum Gasteiger partial charge on any atom is 0.328 e. The van der Waals surface area contributed by atoms with Crippen LogP contribution >= 0.6 is 11.8 Å². The van der Waals surface area contributed by atoms with Crippen molar-refractivity contribution in [3.8, 4) is 0 Å². The molecule has 0 aromatic heterocycles. The van der Waals surface area contributed by atoms with Gasteiger partial charge in [0.2, 0.25) is 17.7 Å². The molecule has 3 amide bonds. The van der Waals surface area contributed by atoms with Gasteiger partial charge in [0.05, 0.1) is 19.3 Å². The molecule has 1 fully saturated rings. The van der Waals surface area contributed by atoms with E-state index < -0.39 is 55.2 Å². The lowest BCUT2D eigenvalue weighted by Gasteiger charge is -2.28. The Labute approximate surface area is 167 Å². The number of aliphatic hydroxyl groups is 2. The fourth-order valence-corrected chi connectivity index (χ4v) is 3.29. The molecule has 28 heavy (non-hydrogen) atoms. The van der Waals surface area contributed by atoms with Gasteiger partial charge in [-0.05, 0) is 31.3 Å². The quantitative estimate of drug-likeness (QED) is 0.204. The van der Waals surface area contributed by atoms with Gasteiger partial charge in [-0.1, -0.05) is 0 Å². The highest BCUT2D eigenvalue weighted by Crippen LogP contribution is 2.19. The Kier molecular flexibility index (Phi) is 10.2. The second kappa shape index (κ2) is 11.8. The van der Waals surface area contributed by atoms with Crippen LogP contribution in [-0.2, 0) is 19.2 Å². The fraction of sp³-hybridized carbons (Fsp3) is 0.750. The first kappa shape index (κ1) is 24.1. The van der Waals surface area contributed by atoms with Crippen molar-refractivity contribution >= 4 is 35.5 Å². The average molecular weight is 420 g/mol. The van der Waals surface area contributed by atoms with E-state index in [1.807, 2.05) is 11.6 Å². The summed E-state index contributed by atoms with van der Waals surface area (Å²) in [5.74, 6) is -2.67. The highest BCUT2D eigenvalue weighted by molar-refractivity contribution is 7.98. The van der Waals surface area contributed by atoms with Gasteiger partial charge in [-0.3, -0.25) is 14.4 Å². The van der Waals surface area contributed by atoms with Gasteiger partial charge in [-0.2, -0.15) is 11.8 Å². The lowest BCUT2D eigenvalue weighted by Crippen LogP contribution is -2.58. The van der Waals surface area contributed by atoms with Crippen LogP contribution in [0, 0.1) is 0 Å². The lowest BCUT2D eigenvalue weighted by atomic mass is 10.1. The van der Waals surface area contributed by atoms with Crippen molar-refractivity contribution in [3.63, 3.8) is 0 Å². The molecule has 7 N–H and O–H groups in total. The number of carboxylic acid groups (broad SMARTS) is 1. The van der Waals surface area contributed by atoms with E-state index >= 15 is 0 Å². The molecule has 1 aliphatic heterocycles. The van der Waals surface area contributed by atoms with E-state index in [-0.39, 0.29) is 5.91 Å². The summed E-state index contributed by atoms with van der Waals surface area (Å²) in [6.07, 6.45) is 3.36. The summed E-state index contributed by atoms with van der Waals surface area (Å²) in [5.41, 5.74) is 5.90. The van der Waals surface area contributed by atoms with Gasteiger partial charge in [0.25, 0.3) is 0 Å². The zero-order valence-electron chi connectivity index (χ0n) is 15.7. The number of nitrogens with two attached hydrogens (primary N) is 1. The van der Waals surface area contributed by atoms with E-state index in [0.717, 1.165) is 0 Å². The number of aliphatic carboxylic acids is 1. The third kappa shape index (κ3) is 6.62. The lowest BCUT2D eigenvalue weighted by molar-refractivity contribution is -0.144. The van der Waals surface area contributed by atoms with Crippen LogP contribution < -0.4 is 16.4 Å². The second-order valence-electron chi connectivity index (χ2n) is 6.40. The first-order valence-corrected chi connectivity index (χ1v) is 10.3. The maximum atomic E-state index is 12.6. The van der Waals surface area contributed by atoms with E-state index in [9.17, 15) is 24.3 Å². The summed E-state index contributed by atoms with van der Waals surface area (Å²) in [4.78, 5) is 49.4. The van der Waals surface area contributed by atoms with Gasteiger partial charge in [-0.25, -0.2) is 4.79 Å². The zero-order valence-corrected chi connectivity index (χ0v) is 16.5. The molecule has 1 saturated heterocycles. The zero-order chi connectivity index (χ0) is 21.3. The minimum Gasteiger partial charge on any atom is -0.480 e. The third-order valence-electron chi connectivity index (χ3n) is 4.40. The normalized spacial score (nSPS) is 19.6. The number of hydrogen-bond acceptors (Lipinski definition) is 8. The van der Waals surface area contributed by atoms with Gasteiger partial charge in [0.15, 0.2) is 0 Å². The van der Waals surface area contributed by atoms with Crippen LogP contribution in [0.3, 0.4) is 0 Å². The molecule has 0 aromatic carbocycles. The van der Waals surface area contributed by atoms with E-state index in [1.54, 1.807) is 11.8 Å². The molecule has 0 aliphatic carbocycles. The number of thioether (sulfide) groups is 1. The minimum absolute atomic E-state index is 0.345. The highest BCUT2D eigenvalue weighted by atomic mass is 32.2. The van der Waals surface area contributed by atoms with Crippen LogP contribution in [0.1, 0.15) is 19.3 Å². The van der Waals surface area contributed by atoms with Gasteiger partial charge < -0.3 is 36.6 Å². The molecule has 0 bridgehead atoms. The number of carbonyl (C=O) groups excluding carboxylic acids is 3. The molecule has 4 atom stereocenters. The van der Waals surface area contributed by atoms with E-state index in [2.05, 4.69) is 5.32 Å². The Hall–Kier alpha value is -1.89. The Morgan fingerprint density at radius 1 is 1.18 bits per heavy atom. The Morgan fingerprint density at radius 2 is 1.82 bits per heavy atom. The molecule has 1 aliphatic rings. The SMILES string of the molecule is CSCCC(N)C(=O)N1CCCC1C(=O)NC(CO)C(=O)NC(CO)C(=O)O. The number of rotatable bonds is 11. The number of nitrogens with one attached hydrogen (secondary N) is 2. The first-order chi connectivity index (χ1) is 13.3. The third-order valence-corrected chi connectivity index (χ3v) is 5.05. The average Bonchev–Trinajstić information content (AvgIpc) is 3.16. The summed E-state index contributed by atoms with van der Waals surface area (Å²) in [7, 11) is 0. The fourth-order valence-electron chi connectivity index (χ4n) is 2.80. The molecule has 1 heterocycles. The summed E-state index contributed by atoms with van der Waals surface area (Å²) >= 11 is 1.56. The van der Waals surface area contributed by atoms with Gasteiger partial charge in [0.1, 0.15) is 18.1 Å². The first-order valence-electron chi connectivity index (χ1n) is 8.87. The summed E-state index contributed by atoms with van der Waals surface area (Å²) in [6, 6.07) is -4.51. The molecule has 11 nitrogen and oxygen atoms in total. The van der Waals surface area contributed by atoms with Crippen LogP contribution in [0.15, 0.2) is 0 Å². The molecule has 0 spiro atoms. The maximum absolute atomic E-state index is 12.6. The molecule has 1 rings (SSSR count). The number of carbonyl (C=O) groups is 4. The number of nitrogens with zero attached hydrogens (tertiary/aromatic N) is 1. The molecule has 12 heteroatoms. The van der Waals surface area contributed by atoms with E-state index in [4.69, 9.17) is 15.9 Å². The largest absolute Gasteiger partial charge is 0.480 e. The predicted molar refractivity (Wildman–Crippen MR) is 101 cm³/mol. The van der Waals surface area contributed by atoms with Crippen molar-refractivity contribution < 1.29 is 34.5 Å². The topological polar surface area (TPSA) is 182 Å². The van der Waals surface area contributed by atoms with Gasteiger partial charge in [-0.15, -0.1) is 0 Å². The van der Waals surface area contributed by atoms with Crippen molar-refractivity contribution in [3.05, 3.63) is 0 Å². The van der Waals surface area contributed by atoms with E-state index in [1.165, 1.54) is 4.90 Å². The molecule has 160 valence electrons. The number of likely N-dealkylation sites (tertiary alicyclic amines) is 1. The van der Waals surface area contributed by atoms with Gasteiger partial charge in [0, 0.05) is 6.54 Å². The van der Waals surface area contributed by atoms with Gasteiger partial charge >= 0.3 is 5.97 Å². The Balaban J connectivity index is 2.73. The van der Waals surface area contributed by atoms with Crippen molar-refractivity contribution in [2.75, 3.05) is 31.8 Å². The number of aliphatic hydroxyl groups excluding tert-OH is 2. The molecular formula is C16H28N4O7S. The standard InChI is InChI=1S/C16H28N4O7S/c1-28-6-4-9(17)15(25)20-5-2-3-12(20)14(24)18-10(7-21)13(23)19-11(8-22)16(26)27/h9-12,21-22H,2-8,17H2,1H3,(H,18,24)(H,19,23)(H,26,27). The molecule has 0 radical (unpaired) electrons. The van der Waals surface area contributed by atoms with Crippen molar-refractivity contribution in [2.24, 2.45) is 5.73 Å². The summed E-state index contributed by atoms with van der Waals surface area (Å²) < 4.78 is 0. The Bertz CT molecular complexity index is 577. The molecule has 4 unspecified atom stereocenters. The summed E-state index contributed by atoms with van der Waals surface area (Å²) in [5, 5.41) is 31.6. The smallest absolute Gasteiger partial charge is 0.328 e. The van der Waals surface area contributed by atoms with Crippen LogP contribution in [0.25, 0.3) is 0 Å². The van der Waals surface area contributed by atoms with Crippen molar-refractivity contribution in [1.82, 2.24) is 15.5 Å². The number of hydrogen-bond donors (Lipinski definition) is 6. The van der Waals surface area contributed by atoms with Crippen molar-refractivity contribution in [2.45, 2.75) is 43.4 Å². The van der Waals surface area contributed by atoms with Crippen LogP contribution in [-0.4, -0.2) is 99.8 Å². The number of amides is 3. The molecule has 0 saturated carbocycles. The van der Waals surface area contributed by atoms with Crippen molar-refractivity contribution in [1.29, 1.82) is 0 Å². The van der Waals surface area contributed by atoms with Crippen LogP contribution in [0.5, 0.6) is 0 Å². The predicted octanol–water partition coefficient (Wildman–Crippen LogP) is -2.90.